The summed E-state index contributed by atoms with van der Waals surface area (Å²) in [5.74, 6) is -1.06. The molecule has 0 saturated heterocycles. The van der Waals surface area contributed by atoms with Crippen LogP contribution in [0.2, 0.25) is 10.0 Å². The van der Waals surface area contributed by atoms with Crippen molar-refractivity contribution >= 4 is 46.2 Å². The average Bonchev–Trinajstić information content (AvgIpc) is 2.34. The molecule has 2 aromatic rings. The molecule has 6 heteroatoms. The zero-order valence-corrected chi connectivity index (χ0v) is 11.2. The lowest BCUT2D eigenvalue weighted by molar-refractivity contribution is 0.0698. The van der Waals surface area contributed by atoms with Gasteiger partial charge in [0.1, 0.15) is 0 Å². The third-order valence-corrected chi connectivity index (χ3v) is 3.33. The Kier molecular flexibility index (Phi) is 3.83. The van der Waals surface area contributed by atoms with Gasteiger partial charge in [0.15, 0.2) is 0 Å². The van der Waals surface area contributed by atoms with E-state index in [2.05, 4.69) is 5.32 Å². The SMILES string of the molecule is Nc1cc(Nc2cccc(Cl)c2Cl)ccc1C(=O)O. The highest BCUT2D eigenvalue weighted by molar-refractivity contribution is 6.43. The van der Waals surface area contributed by atoms with E-state index in [0.717, 1.165) is 0 Å². The second kappa shape index (κ2) is 5.38. The fourth-order valence-corrected chi connectivity index (χ4v) is 1.94. The molecule has 0 radical (unpaired) electrons. The number of carbonyl (C=O) groups is 1. The molecule has 0 unspecified atom stereocenters. The van der Waals surface area contributed by atoms with E-state index in [1.165, 1.54) is 12.1 Å². The molecule has 0 spiro atoms. The van der Waals surface area contributed by atoms with E-state index in [0.29, 0.717) is 21.4 Å². The molecule has 98 valence electrons. The van der Waals surface area contributed by atoms with Crippen LogP contribution in [0.3, 0.4) is 0 Å². The third-order valence-electron chi connectivity index (χ3n) is 2.51. The molecule has 0 heterocycles. The van der Waals surface area contributed by atoms with E-state index in [4.69, 9.17) is 34.0 Å². The largest absolute Gasteiger partial charge is 0.478 e. The van der Waals surface area contributed by atoms with Gasteiger partial charge in [-0.25, -0.2) is 4.79 Å². The molecule has 19 heavy (non-hydrogen) atoms. The van der Waals surface area contributed by atoms with Crippen molar-refractivity contribution in [3.63, 3.8) is 0 Å². The van der Waals surface area contributed by atoms with Crippen molar-refractivity contribution in [3.8, 4) is 0 Å². The molecule has 0 aliphatic rings. The minimum Gasteiger partial charge on any atom is -0.478 e. The van der Waals surface area contributed by atoms with Crippen LogP contribution < -0.4 is 11.1 Å². The van der Waals surface area contributed by atoms with Gasteiger partial charge in [0.25, 0.3) is 0 Å². The number of rotatable bonds is 3. The Labute approximate surface area is 119 Å². The lowest BCUT2D eigenvalue weighted by Gasteiger charge is -2.10. The van der Waals surface area contributed by atoms with Crippen LogP contribution in [0.4, 0.5) is 17.1 Å². The molecular formula is C13H10Cl2N2O2. The summed E-state index contributed by atoms with van der Waals surface area (Å²) >= 11 is 11.9. The summed E-state index contributed by atoms with van der Waals surface area (Å²) in [6.45, 7) is 0. The Bertz CT molecular complexity index is 645. The average molecular weight is 297 g/mol. The summed E-state index contributed by atoms with van der Waals surface area (Å²) in [7, 11) is 0. The standard InChI is InChI=1S/C13H10Cl2N2O2/c14-9-2-1-3-11(12(9)15)17-7-4-5-8(13(18)19)10(16)6-7/h1-6,17H,16H2,(H,18,19). The number of hydrogen-bond acceptors (Lipinski definition) is 3. The van der Waals surface area contributed by atoms with Gasteiger partial charge in [0.05, 0.1) is 21.3 Å². The highest BCUT2D eigenvalue weighted by Gasteiger charge is 2.09. The zero-order chi connectivity index (χ0) is 14.0. The van der Waals surface area contributed by atoms with Crippen molar-refractivity contribution in [3.05, 3.63) is 52.0 Å². The number of hydrogen-bond donors (Lipinski definition) is 3. The zero-order valence-electron chi connectivity index (χ0n) is 9.65. The van der Waals surface area contributed by atoms with Gasteiger partial charge in [-0.1, -0.05) is 29.3 Å². The van der Waals surface area contributed by atoms with Gasteiger partial charge in [-0.3, -0.25) is 0 Å². The molecule has 0 aliphatic heterocycles. The number of carboxylic acid groups (broad SMARTS) is 1. The Morgan fingerprint density at radius 1 is 1.21 bits per heavy atom. The summed E-state index contributed by atoms with van der Waals surface area (Å²) in [6.07, 6.45) is 0. The van der Waals surface area contributed by atoms with Gasteiger partial charge in [-0.2, -0.15) is 0 Å². The number of nitrogens with two attached hydrogens (primary N) is 1. The van der Waals surface area contributed by atoms with Gasteiger partial charge in [0, 0.05) is 11.4 Å². The maximum absolute atomic E-state index is 10.9. The van der Waals surface area contributed by atoms with E-state index in [1.807, 2.05) is 0 Å². The Morgan fingerprint density at radius 2 is 1.95 bits per heavy atom. The number of carboxylic acids is 1. The van der Waals surface area contributed by atoms with Crippen LogP contribution in [0.25, 0.3) is 0 Å². The van der Waals surface area contributed by atoms with Crippen molar-refractivity contribution in [1.82, 2.24) is 0 Å². The molecule has 0 saturated carbocycles. The van der Waals surface area contributed by atoms with E-state index >= 15 is 0 Å². The molecule has 4 N–H and O–H groups in total. The quantitative estimate of drug-likeness (QED) is 0.748. The molecular weight excluding hydrogens is 287 g/mol. The van der Waals surface area contributed by atoms with Gasteiger partial charge in [-0.15, -0.1) is 0 Å². The highest BCUT2D eigenvalue weighted by Crippen LogP contribution is 2.32. The topological polar surface area (TPSA) is 75.3 Å². The van der Waals surface area contributed by atoms with Gasteiger partial charge < -0.3 is 16.2 Å². The van der Waals surface area contributed by atoms with Crippen molar-refractivity contribution in [2.24, 2.45) is 0 Å². The second-order valence-corrected chi connectivity index (χ2v) is 4.62. The van der Waals surface area contributed by atoms with Crippen LogP contribution in [0, 0.1) is 0 Å². The number of halogens is 2. The van der Waals surface area contributed by atoms with E-state index < -0.39 is 5.97 Å². The van der Waals surface area contributed by atoms with E-state index in [9.17, 15) is 4.79 Å². The number of anilines is 3. The summed E-state index contributed by atoms with van der Waals surface area (Å²) < 4.78 is 0. The molecule has 2 aromatic carbocycles. The van der Waals surface area contributed by atoms with Crippen molar-refractivity contribution in [2.75, 3.05) is 11.1 Å². The predicted octanol–water partition coefficient (Wildman–Crippen LogP) is 4.02. The molecule has 0 amide bonds. The van der Waals surface area contributed by atoms with Crippen LogP contribution in [-0.2, 0) is 0 Å². The lowest BCUT2D eigenvalue weighted by atomic mass is 10.1. The van der Waals surface area contributed by atoms with Crippen molar-refractivity contribution in [1.29, 1.82) is 0 Å². The number of nitrogens with one attached hydrogen (secondary N) is 1. The molecule has 0 bridgehead atoms. The number of benzene rings is 2. The highest BCUT2D eigenvalue weighted by atomic mass is 35.5. The first-order chi connectivity index (χ1) is 8.99. The fraction of sp³-hybridized carbons (Fsp3) is 0. The van der Waals surface area contributed by atoms with Gasteiger partial charge >= 0.3 is 5.97 Å². The maximum atomic E-state index is 10.9. The van der Waals surface area contributed by atoms with E-state index in [1.54, 1.807) is 24.3 Å². The monoisotopic (exact) mass is 296 g/mol. The third kappa shape index (κ3) is 2.92. The van der Waals surface area contributed by atoms with Crippen molar-refractivity contribution < 1.29 is 9.90 Å². The first-order valence-corrected chi connectivity index (χ1v) is 6.08. The lowest BCUT2D eigenvalue weighted by Crippen LogP contribution is -2.03. The fourth-order valence-electron chi connectivity index (χ4n) is 1.59. The summed E-state index contributed by atoms with van der Waals surface area (Å²) in [5, 5.41) is 12.7. The molecule has 0 atom stereocenters. The molecule has 4 nitrogen and oxygen atoms in total. The molecule has 0 fully saturated rings. The summed E-state index contributed by atoms with van der Waals surface area (Å²) in [5.41, 5.74) is 7.15. The van der Waals surface area contributed by atoms with Crippen LogP contribution in [0.15, 0.2) is 36.4 Å². The van der Waals surface area contributed by atoms with Crippen LogP contribution in [-0.4, -0.2) is 11.1 Å². The molecule has 0 aliphatic carbocycles. The second-order valence-electron chi connectivity index (χ2n) is 3.83. The number of aromatic carboxylic acids is 1. The van der Waals surface area contributed by atoms with Crippen LogP contribution in [0.5, 0.6) is 0 Å². The Morgan fingerprint density at radius 3 is 2.58 bits per heavy atom. The normalized spacial score (nSPS) is 10.2. The van der Waals surface area contributed by atoms with Crippen molar-refractivity contribution in [2.45, 2.75) is 0 Å². The first kappa shape index (κ1) is 13.5. The Balaban J connectivity index is 2.32. The van der Waals surface area contributed by atoms with Gasteiger partial charge in [-0.05, 0) is 30.3 Å². The summed E-state index contributed by atoms with van der Waals surface area (Å²) in [4.78, 5) is 10.9. The molecule has 0 aromatic heterocycles. The van der Waals surface area contributed by atoms with Crippen LogP contribution >= 0.6 is 23.2 Å². The smallest absolute Gasteiger partial charge is 0.337 e. The minimum atomic E-state index is -1.06. The number of nitrogen functional groups attached to an aromatic ring is 1. The van der Waals surface area contributed by atoms with E-state index in [-0.39, 0.29) is 11.3 Å². The summed E-state index contributed by atoms with van der Waals surface area (Å²) in [6, 6.07) is 9.76. The minimum absolute atomic E-state index is 0.0581. The van der Waals surface area contributed by atoms with Gasteiger partial charge in [0.2, 0.25) is 0 Å². The first-order valence-electron chi connectivity index (χ1n) is 5.33. The predicted molar refractivity (Wildman–Crippen MR) is 77.6 cm³/mol. The molecule has 2 rings (SSSR count). The maximum Gasteiger partial charge on any atom is 0.337 e. The van der Waals surface area contributed by atoms with Crippen LogP contribution in [0.1, 0.15) is 10.4 Å². The Hall–Kier alpha value is -1.91.